The van der Waals surface area contributed by atoms with Crippen molar-refractivity contribution >= 4 is 19.7 Å². The monoisotopic (exact) mass is 403 g/mol. The van der Waals surface area contributed by atoms with Crippen LogP contribution in [0.3, 0.4) is 0 Å². The molecule has 0 saturated heterocycles. The molecule has 0 unspecified atom stereocenters. The normalized spacial score (nSPS) is 14.1. The predicted molar refractivity (Wildman–Crippen MR) is 68.9 cm³/mol. The van der Waals surface area contributed by atoms with Crippen molar-refractivity contribution in [2.24, 2.45) is 0 Å². The molecule has 0 bridgehead atoms. The van der Waals surface area contributed by atoms with Gasteiger partial charge < -0.3 is 0 Å². The molecule has 0 atom stereocenters. The van der Waals surface area contributed by atoms with E-state index in [0.29, 0.717) is 0 Å². The van der Waals surface area contributed by atoms with Gasteiger partial charge >= 0.3 is 11.0 Å². The minimum absolute atomic E-state index is 0.131. The van der Waals surface area contributed by atoms with Crippen molar-refractivity contribution in [3.05, 3.63) is 18.7 Å². The Kier molecular flexibility index (Phi) is 5.96. The molecule has 0 aromatic carbocycles. The van der Waals surface area contributed by atoms with Crippen molar-refractivity contribution in [3.63, 3.8) is 0 Å². The summed E-state index contributed by atoms with van der Waals surface area (Å²) in [7, 11) is -10.5. The van der Waals surface area contributed by atoms with Crippen molar-refractivity contribution in [2.45, 2.75) is 30.5 Å². The fourth-order valence-electron chi connectivity index (χ4n) is 1.60. The zero-order valence-corrected chi connectivity index (χ0v) is 13.5. The van der Waals surface area contributed by atoms with Crippen molar-refractivity contribution in [1.82, 2.24) is 4.57 Å². The van der Waals surface area contributed by atoms with Crippen molar-refractivity contribution in [1.29, 1.82) is 0 Å². The van der Waals surface area contributed by atoms with Gasteiger partial charge in [-0.1, -0.05) is 0 Å². The maximum absolute atomic E-state index is 12.2. The molecular weight excluding hydrogens is 390 g/mol. The van der Waals surface area contributed by atoms with E-state index in [1.807, 2.05) is 0 Å². The van der Waals surface area contributed by atoms with E-state index < -0.39 is 48.7 Å². The largest absolute Gasteiger partial charge is 0.497 e. The topological polar surface area (TPSA) is 77.1 Å². The highest BCUT2D eigenvalue weighted by Crippen LogP contribution is 2.24. The predicted octanol–water partition coefficient (Wildman–Crippen LogP) is 1.03. The van der Waals surface area contributed by atoms with Gasteiger partial charge in [-0.25, -0.2) is 26.0 Å². The Balaban J connectivity index is 2.56. The summed E-state index contributed by atoms with van der Waals surface area (Å²) in [5.74, 6) is -2.31. The van der Waals surface area contributed by atoms with Gasteiger partial charge in [0, 0.05) is 0 Å². The number of imidazole rings is 1. The minimum atomic E-state index is -5.36. The maximum Gasteiger partial charge on any atom is 0.497 e. The molecule has 1 aromatic rings. The smallest absolute Gasteiger partial charge is 0.237 e. The second-order valence-corrected chi connectivity index (χ2v) is 8.97. The molecule has 1 rings (SSSR count). The Morgan fingerprint density at radius 1 is 0.875 bits per heavy atom. The van der Waals surface area contributed by atoms with Crippen LogP contribution in [0.4, 0.5) is 26.3 Å². The highest BCUT2D eigenvalue weighted by molar-refractivity contribution is 7.92. The Hall–Kier alpha value is -1.31. The van der Waals surface area contributed by atoms with Gasteiger partial charge in [0.05, 0.1) is 18.1 Å². The fraction of sp³-hybridized carbons (Fsp3) is 0.700. The molecule has 0 radical (unpaired) electrons. The van der Waals surface area contributed by atoms with Crippen LogP contribution in [0.2, 0.25) is 0 Å². The van der Waals surface area contributed by atoms with Gasteiger partial charge in [0.2, 0.25) is 16.2 Å². The highest BCUT2D eigenvalue weighted by atomic mass is 32.2. The molecule has 14 heteroatoms. The lowest BCUT2D eigenvalue weighted by Gasteiger charge is -2.06. The number of rotatable bonds is 7. The molecule has 0 spiro atoms. The molecule has 6 nitrogen and oxygen atoms in total. The van der Waals surface area contributed by atoms with E-state index >= 15 is 0 Å². The Morgan fingerprint density at radius 2 is 1.38 bits per heavy atom. The maximum atomic E-state index is 12.2. The summed E-state index contributed by atoms with van der Waals surface area (Å²) in [5.41, 5.74) is -10.7. The molecule has 1 aromatic heterocycles. The first kappa shape index (κ1) is 20.7. The van der Waals surface area contributed by atoms with Crippen LogP contribution in [0, 0.1) is 0 Å². The molecule has 24 heavy (non-hydrogen) atoms. The van der Waals surface area contributed by atoms with Gasteiger partial charge in [-0.2, -0.15) is 26.3 Å². The zero-order chi connectivity index (χ0) is 18.8. The molecule has 1 heterocycles. The van der Waals surface area contributed by atoms with Crippen LogP contribution >= 0.6 is 0 Å². The van der Waals surface area contributed by atoms with Crippen LogP contribution in [-0.2, 0) is 32.8 Å². The first-order chi connectivity index (χ1) is 10.7. The van der Waals surface area contributed by atoms with E-state index in [9.17, 15) is 43.2 Å². The first-order valence-corrected chi connectivity index (χ1v) is 9.59. The van der Waals surface area contributed by atoms with E-state index in [2.05, 4.69) is 0 Å². The average Bonchev–Trinajstić information content (AvgIpc) is 2.81. The summed E-state index contributed by atoms with van der Waals surface area (Å²) in [4.78, 5) is 0. The number of aryl methyl sites for hydroxylation is 2. The summed E-state index contributed by atoms with van der Waals surface area (Å²) in [5, 5.41) is 0. The van der Waals surface area contributed by atoms with Gasteiger partial charge in [-0.3, -0.25) is 0 Å². The Labute approximate surface area is 133 Å². The number of hydrogen-bond donors (Lipinski definition) is 0. The number of alkyl halides is 6. The zero-order valence-electron chi connectivity index (χ0n) is 11.9. The third-order valence-corrected chi connectivity index (χ3v) is 5.86. The SMILES string of the molecule is O=S(=O)(CCC[n+]1ccn(CCS(=O)(=O)C(F)(F)F)c1)C(F)(F)F. The molecule has 0 saturated carbocycles. The molecule has 0 N–H and O–H groups in total. The molecule has 0 amide bonds. The lowest BCUT2D eigenvalue weighted by atomic mass is 10.5. The van der Waals surface area contributed by atoms with E-state index in [1.165, 1.54) is 23.3 Å². The third kappa shape index (κ3) is 5.36. The molecule has 140 valence electrons. The Bertz CT molecular complexity index is 764. The fourth-order valence-corrected chi connectivity index (χ4v) is 3.02. The van der Waals surface area contributed by atoms with Gasteiger partial charge in [0.15, 0.2) is 0 Å². The van der Waals surface area contributed by atoms with Crippen molar-refractivity contribution < 1.29 is 47.7 Å². The summed E-state index contributed by atoms with van der Waals surface area (Å²) in [6, 6.07) is 0. The second-order valence-electron chi connectivity index (χ2n) is 4.77. The van der Waals surface area contributed by atoms with Crippen LogP contribution in [-0.4, -0.2) is 43.9 Å². The van der Waals surface area contributed by atoms with E-state index in [4.69, 9.17) is 0 Å². The van der Waals surface area contributed by atoms with Crippen LogP contribution < -0.4 is 4.57 Å². The van der Waals surface area contributed by atoms with Crippen LogP contribution in [0.1, 0.15) is 6.42 Å². The number of nitrogens with zero attached hydrogens (tertiary/aromatic N) is 2. The number of halogens is 6. The lowest BCUT2D eigenvalue weighted by molar-refractivity contribution is -0.696. The van der Waals surface area contributed by atoms with Gasteiger partial charge in [0.1, 0.15) is 18.9 Å². The summed E-state index contributed by atoms with van der Waals surface area (Å²) >= 11 is 0. The van der Waals surface area contributed by atoms with E-state index in [1.54, 1.807) is 0 Å². The van der Waals surface area contributed by atoms with E-state index in [-0.39, 0.29) is 13.0 Å². The summed E-state index contributed by atoms with van der Waals surface area (Å²) in [6.45, 7) is -0.635. The van der Waals surface area contributed by atoms with E-state index in [0.717, 1.165) is 4.57 Å². The molecule has 0 fully saturated rings. The van der Waals surface area contributed by atoms with Crippen molar-refractivity contribution in [2.75, 3.05) is 11.5 Å². The number of aromatic nitrogens is 2. The second kappa shape index (κ2) is 6.90. The summed E-state index contributed by atoms with van der Waals surface area (Å²) in [6.07, 6.45) is 3.31. The summed E-state index contributed by atoms with van der Waals surface area (Å²) < 4.78 is 119. The third-order valence-electron chi connectivity index (χ3n) is 2.90. The molecular formula is C10H13F6N2O4S2+. The van der Waals surface area contributed by atoms with Crippen LogP contribution in [0.25, 0.3) is 0 Å². The first-order valence-electron chi connectivity index (χ1n) is 6.28. The average molecular weight is 403 g/mol. The number of hydrogen-bond acceptors (Lipinski definition) is 4. The van der Waals surface area contributed by atoms with Gasteiger partial charge in [-0.15, -0.1) is 0 Å². The Morgan fingerprint density at radius 3 is 1.88 bits per heavy atom. The number of sulfone groups is 2. The molecule has 0 aliphatic heterocycles. The van der Waals surface area contributed by atoms with Crippen LogP contribution in [0.5, 0.6) is 0 Å². The van der Waals surface area contributed by atoms with Crippen LogP contribution in [0.15, 0.2) is 18.7 Å². The lowest BCUT2D eigenvalue weighted by Crippen LogP contribution is -2.34. The van der Waals surface area contributed by atoms with Gasteiger partial charge in [0.25, 0.3) is 9.84 Å². The standard InChI is InChI=1S/C10H13F6N2O4S2/c11-9(12,13)23(19,20)6-1-2-17-3-4-18(8-17)5-7-24(21,22)10(14,15)16/h3-4,8H,1-2,5-7H2/q+1. The molecule has 0 aliphatic carbocycles. The quantitative estimate of drug-likeness (QED) is 0.504. The highest BCUT2D eigenvalue weighted by Gasteiger charge is 2.46. The van der Waals surface area contributed by atoms with Gasteiger partial charge in [-0.05, 0) is 6.42 Å². The van der Waals surface area contributed by atoms with Crippen molar-refractivity contribution in [3.8, 4) is 0 Å². The molecule has 0 aliphatic rings. The minimum Gasteiger partial charge on any atom is -0.237 e.